The summed E-state index contributed by atoms with van der Waals surface area (Å²) in [6, 6.07) is -1.57. The van der Waals surface area contributed by atoms with Gasteiger partial charge in [-0.05, 0) is 19.4 Å². The van der Waals surface area contributed by atoms with Crippen LogP contribution in [-0.2, 0) is 0 Å². The van der Waals surface area contributed by atoms with Gasteiger partial charge in [0.15, 0.2) is 0 Å². The fourth-order valence-electron chi connectivity index (χ4n) is 0.829. The summed E-state index contributed by atoms with van der Waals surface area (Å²) in [5.41, 5.74) is 0. The number of hydrogen-bond acceptors (Lipinski definition) is 2. The van der Waals surface area contributed by atoms with Crippen LogP contribution in [0.15, 0.2) is 0 Å². The number of aliphatic hydroxyl groups is 1. The molecule has 0 saturated carbocycles. The molecule has 0 amide bonds. The second-order valence-corrected chi connectivity index (χ2v) is 2.56. The molecular formula is C7H14F3NO. The molecule has 1 unspecified atom stereocenters. The number of nitrogens with one attached hydrogen (secondary N) is 1. The first-order valence-corrected chi connectivity index (χ1v) is 3.93. The van der Waals surface area contributed by atoms with Gasteiger partial charge >= 0.3 is 6.18 Å². The Bertz CT molecular complexity index is 116. The first-order valence-electron chi connectivity index (χ1n) is 3.93. The second-order valence-electron chi connectivity index (χ2n) is 2.56. The summed E-state index contributed by atoms with van der Waals surface area (Å²) >= 11 is 0. The van der Waals surface area contributed by atoms with Crippen LogP contribution in [0.3, 0.4) is 0 Å². The zero-order valence-electron chi connectivity index (χ0n) is 6.99. The Morgan fingerprint density at radius 1 is 1.42 bits per heavy atom. The second kappa shape index (κ2) is 5.37. The monoisotopic (exact) mass is 185 g/mol. The third-order valence-corrected chi connectivity index (χ3v) is 1.45. The maximum absolute atomic E-state index is 12.1. The molecule has 0 aromatic heterocycles. The zero-order chi connectivity index (χ0) is 9.61. The summed E-state index contributed by atoms with van der Waals surface area (Å²) in [5, 5.41) is 10.7. The molecule has 2 N–H and O–H groups in total. The van der Waals surface area contributed by atoms with Gasteiger partial charge in [-0.25, -0.2) is 0 Å². The van der Waals surface area contributed by atoms with E-state index in [0.29, 0.717) is 13.0 Å². The van der Waals surface area contributed by atoms with Crippen molar-refractivity contribution in [1.29, 1.82) is 0 Å². The molecule has 5 heteroatoms. The van der Waals surface area contributed by atoms with Crippen molar-refractivity contribution in [3.05, 3.63) is 0 Å². The van der Waals surface area contributed by atoms with Crippen molar-refractivity contribution in [2.45, 2.75) is 32.0 Å². The minimum absolute atomic E-state index is 0.274. The molecule has 0 bridgehead atoms. The lowest BCUT2D eigenvalue weighted by Gasteiger charge is -2.20. The van der Waals surface area contributed by atoms with Crippen molar-refractivity contribution in [3.8, 4) is 0 Å². The molecular weight excluding hydrogens is 171 g/mol. The lowest BCUT2D eigenvalue weighted by Crippen LogP contribution is -2.43. The highest BCUT2D eigenvalue weighted by molar-refractivity contribution is 4.74. The van der Waals surface area contributed by atoms with Crippen LogP contribution in [-0.4, -0.2) is 30.5 Å². The summed E-state index contributed by atoms with van der Waals surface area (Å²) in [7, 11) is 0. The number of rotatable bonds is 5. The molecule has 0 aliphatic carbocycles. The average Bonchev–Trinajstić information content (AvgIpc) is 1.95. The van der Waals surface area contributed by atoms with Crippen molar-refractivity contribution in [3.63, 3.8) is 0 Å². The quantitative estimate of drug-likeness (QED) is 0.676. The fourth-order valence-corrected chi connectivity index (χ4v) is 0.829. The lowest BCUT2D eigenvalue weighted by molar-refractivity contribution is -0.158. The van der Waals surface area contributed by atoms with Crippen LogP contribution in [0.4, 0.5) is 13.2 Å². The molecule has 0 rings (SSSR count). The summed E-state index contributed by atoms with van der Waals surface area (Å²) in [4.78, 5) is 0. The predicted octanol–water partition coefficient (Wildman–Crippen LogP) is 1.30. The zero-order valence-corrected chi connectivity index (χ0v) is 6.99. The standard InChI is InChI=1S/C7H14F3NO/c1-2-4-11-6(3-5-12)7(8,9)10/h6,11-12H,2-5H2,1H3. The third kappa shape index (κ3) is 4.56. The maximum Gasteiger partial charge on any atom is 0.403 e. The molecule has 74 valence electrons. The maximum atomic E-state index is 12.1. The van der Waals surface area contributed by atoms with E-state index in [1.54, 1.807) is 6.92 Å². The van der Waals surface area contributed by atoms with Crippen molar-refractivity contribution in [1.82, 2.24) is 5.32 Å². The summed E-state index contributed by atoms with van der Waals surface area (Å²) in [6.45, 7) is 1.67. The van der Waals surface area contributed by atoms with E-state index < -0.39 is 18.8 Å². The average molecular weight is 185 g/mol. The molecule has 0 spiro atoms. The number of aliphatic hydroxyl groups excluding tert-OH is 1. The Labute approximate surface area is 69.8 Å². The summed E-state index contributed by atoms with van der Waals surface area (Å²) < 4.78 is 36.2. The topological polar surface area (TPSA) is 32.3 Å². The minimum atomic E-state index is -4.25. The first kappa shape index (κ1) is 11.7. The van der Waals surface area contributed by atoms with Crippen LogP contribution in [0.5, 0.6) is 0 Å². The van der Waals surface area contributed by atoms with Gasteiger partial charge in [0.1, 0.15) is 6.04 Å². The predicted molar refractivity (Wildman–Crippen MR) is 39.8 cm³/mol. The molecule has 2 nitrogen and oxygen atoms in total. The summed E-state index contributed by atoms with van der Waals surface area (Å²) in [5.74, 6) is 0. The van der Waals surface area contributed by atoms with Gasteiger partial charge in [-0.1, -0.05) is 6.92 Å². The normalized spacial score (nSPS) is 14.8. The van der Waals surface area contributed by atoms with Crippen molar-refractivity contribution in [2.24, 2.45) is 0 Å². The lowest BCUT2D eigenvalue weighted by atomic mass is 10.2. The SMILES string of the molecule is CCCNC(CCO)C(F)(F)F. The van der Waals surface area contributed by atoms with E-state index >= 15 is 0 Å². The van der Waals surface area contributed by atoms with Gasteiger partial charge < -0.3 is 10.4 Å². The van der Waals surface area contributed by atoms with Gasteiger partial charge in [0.25, 0.3) is 0 Å². The van der Waals surface area contributed by atoms with Crippen molar-refractivity contribution >= 4 is 0 Å². The molecule has 0 aliphatic rings. The molecule has 0 aromatic rings. The van der Waals surface area contributed by atoms with E-state index in [1.807, 2.05) is 0 Å². The molecule has 0 heterocycles. The van der Waals surface area contributed by atoms with Crippen LogP contribution in [0.1, 0.15) is 19.8 Å². The van der Waals surface area contributed by atoms with Crippen molar-refractivity contribution < 1.29 is 18.3 Å². The van der Waals surface area contributed by atoms with Crippen LogP contribution in [0, 0.1) is 0 Å². The van der Waals surface area contributed by atoms with E-state index in [0.717, 1.165) is 0 Å². The van der Waals surface area contributed by atoms with E-state index in [2.05, 4.69) is 5.32 Å². The van der Waals surface area contributed by atoms with Crippen LogP contribution >= 0.6 is 0 Å². The highest BCUT2D eigenvalue weighted by Crippen LogP contribution is 2.21. The van der Waals surface area contributed by atoms with Gasteiger partial charge in [0, 0.05) is 6.61 Å². The van der Waals surface area contributed by atoms with Gasteiger partial charge in [0.2, 0.25) is 0 Å². The Morgan fingerprint density at radius 3 is 2.33 bits per heavy atom. The Kier molecular flexibility index (Phi) is 5.24. The minimum Gasteiger partial charge on any atom is -0.396 e. The molecule has 12 heavy (non-hydrogen) atoms. The molecule has 0 aliphatic heterocycles. The van der Waals surface area contributed by atoms with E-state index in [-0.39, 0.29) is 6.42 Å². The first-order chi connectivity index (χ1) is 5.52. The summed E-state index contributed by atoms with van der Waals surface area (Å²) in [6.07, 6.45) is -3.88. The Balaban J connectivity index is 3.86. The molecule has 0 fully saturated rings. The molecule has 1 atom stereocenters. The highest BCUT2D eigenvalue weighted by Gasteiger charge is 2.38. The third-order valence-electron chi connectivity index (χ3n) is 1.45. The number of alkyl halides is 3. The van der Waals surface area contributed by atoms with Gasteiger partial charge in [-0.15, -0.1) is 0 Å². The highest BCUT2D eigenvalue weighted by atomic mass is 19.4. The van der Waals surface area contributed by atoms with Crippen molar-refractivity contribution in [2.75, 3.05) is 13.2 Å². The molecule has 0 aromatic carbocycles. The van der Waals surface area contributed by atoms with Gasteiger partial charge in [-0.2, -0.15) is 13.2 Å². The largest absolute Gasteiger partial charge is 0.403 e. The number of halogens is 3. The number of hydrogen-bond donors (Lipinski definition) is 2. The van der Waals surface area contributed by atoms with Crippen LogP contribution in [0.25, 0.3) is 0 Å². The van der Waals surface area contributed by atoms with E-state index in [4.69, 9.17) is 5.11 Å². The van der Waals surface area contributed by atoms with Gasteiger partial charge in [-0.3, -0.25) is 0 Å². The van der Waals surface area contributed by atoms with Crippen LogP contribution in [0.2, 0.25) is 0 Å². The molecule has 0 radical (unpaired) electrons. The smallest absolute Gasteiger partial charge is 0.396 e. The van der Waals surface area contributed by atoms with E-state index in [9.17, 15) is 13.2 Å². The van der Waals surface area contributed by atoms with Crippen LogP contribution < -0.4 is 5.32 Å². The Morgan fingerprint density at radius 2 is 2.00 bits per heavy atom. The van der Waals surface area contributed by atoms with E-state index in [1.165, 1.54) is 0 Å². The Hall–Kier alpha value is -0.290. The van der Waals surface area contributed by atoms with Gasteiger partial charge in [0.05, 0.1) is 0 Å². The molecule has 0 saturated heterocycles. The fraction of sp³-hybridized carbons (Fsp3) is 1.00.